The van der Waals surface area contributed by atoms with Crippen molar-refractivity contribution in [2.45, 2.75) is 25.6 Å². The number of methoxy groups -OCH3 is 2. The summed E-state index contributed by atoms with van der Waals surface area (Å²) >= 11 is 0. The molecule has 2 unspecified atom stereocenters. The molecule has 0 bridgehead atoms. The van der Waals surface area contributed by atoms with Gasteiger partial charge in [-0.05, 0) is 30.2 Å². The summed E-state index contributed by atoms with van der Waals surface area (Å²) in [6, 6.07) is 23.8. The molecule has 0 spiro atoms. The second-order valence-electron chi connectivity index (χ2n) is 8.11. The molecule has 0 saturated heterocycles. The van der Waals surface area contributed by atoms with E-state index in [1.165, 1.54) is 0 Å². The first-order valence-corrected chi connectivity index (χ1v) is 11.3. The normalized spacial score (nSPS) is 12.8. The second kappa shape index (κ2) is 10.9. The minimum atomic E-state index is -0.587. The maximum atomic E-state index is 12.9. The lowest BCUT2D eigenvalue weighted by Gasteiger charge is -2.23. The molecule has 0 aliphatic carbocycles. The van der Waals surface area contributed by atoms with Crippen molar-refractivity contribution in [1.82, 2.24) is 10.3 Å². The van der Waals surface area contributed by atoms with Gasteiger partial charge in [-0.3, -0.25) is 4.79 Å². The van der Waals surface area contributed by atoms with E-state index >= 15 is 0 Å². The predicted molar refractivity (Wildman–Crippen MR) is 133 cm³/mol. The number of H-pyrrole nitrogens is 1. The summed E-state index contributed by atoms with van der Waals surface area (Å²) in [4.78, 5) is 16.3. The Bertz CT molecular complexity index is 1240. The summed E-state index contributed by atoms with van der Waals surface area (Å²) in [5, 5.41) is 4.18. The quantitative estimate of drug-likeness (QED) is 0.349. The van der Waals surface area contributed by atoms with E-state index in [2.05, 4.69) is 16.4 Å². The van der Waals surface area contributed by atoms with Crippen molar-refractivity contribution < 1.29 is 19.0 Å². The molecule has 0 fully saturated rings. The molecule has 0 radical (unpaired) electrons. The van der Waals surface area contributed by atoms with Crippen molar-refractivity contribution in [2.75, 3.05) is 20.8 Å². The van der Waals surface area contributed by atoms with Crippen LogP contribution in [0.2, 0.25) is 0 Å². The highest BCUT2D eigenvalue weighted by molar-refractivity contribution is 5.85. The maximum Gasteiger partial charge on any atom is 0.248 e. The number of amides is 1. The molecule has 176 valence electrons. The van der Waals surface area contributed by atoms with Crippen LogP contribution in [0.4, 0.5) is 0 Å². The Labute approximate surface area is 199 Å². The standard InChI is InChI=1S/C28H30N2O4/c1-19(34-18-20-10-5-4-6-11-20)28(31)30-17-24(22-13-9-15-26(32-2)27(22)33-3)23-16-29-25-14-8-7-12-21(23)25/h4-16,19,24,29H,17-18H2,1-3H3,(H,30,31). The molecule has 1 heterocycles. The molecule has 0 aliphatic heterocycles. The highest BCUT2D eigenvalue weighted by Crippen LogP contribution is 2.40. The lowest BCUT2D eigenvalue weighted by molar-refractivity contribution is -0.132. The number of hydrogen-bond donors (Lipinski definition) is 2. The number of benzene rings is 3. The number of rotatable bonds is 10. The molecule has 1 aromatic heterocycles. The number of hydrogen-bond acceptors (Lipinski definition) is 4. The molecule has 4 rings (SSSR count). The van der Waals surface area contributed by atoms with Crippen LogP contribution in [0.25, 0.3) is 10.9 Å². The first kappa shape index (κ1) is 23.4. The third-order valence-electron chi connectivity index (χ3n) is 6.00. The summed E-state index contributed by atoms with van der Waals surface area (Å²) in [6.45, 7) is 2.53. The molecule has 1 amide bonds. The zero-order chi connectivity index (χ0) is 23.9. The van der Waals surface area contributed by atoms with Crippen molar-refractivity contribution in [1.29, 1.82) is 0 Å². The lowest BCUT2D eigenvalue weighted by Crippen LogP contribution is -2.37. The van der Waals surface area contributed by atoms with Crippen LogP contribution in [-0.2, 0) is 16.1 Å². The molecule has 6 nitrogen and oxygen atoms in total. The predicted octanol–water partition coefficient (Wildman–Crippen LogP) is 5.04. The number of carbonyl (C=O) groups excluding carboxylic acids is 1. The largest absolute Gasteiger partial charge is 0.493 e. The monoisotopic (exact) mass is 458 g/mol. The van der Waals surface area contributed by atoms with Crippen molar-refractivity contribution >= 4 is 16.8 Å². The van der Waals surface area contributed by atoms with E-state index in [-0.39, 0.29) is 11.8 Å². The van der Waals surface area contributed by atoms with Crippen LogP contribution in [0.1, 0.15) is 29.5 Å². The van der Waals surface area contributed by atoms with Gasteiger partial charge < -0.3 is 24.5 Å². The van der Waals surface area contributed by atoms with Crippen LogP contribution in [0.3, 0.4) is 0 Å². The fourth-order valence-corrected chi connectivity index (χ4v) is 4.17. The van der Waals surface area contributed by atoms with E-state index in [0.29, 0.717) is 24.7 Å². The van der Waals surface area contributed by atoms with Gasteiger partial charge in [-0.15, -0.1) is 0 Å². The average molecular weight is 459 g/mol. The Kier molecular flexibility index (Phi) is 7.50. The number of para-hydroxylation sites is 2. The van der Waals surface area contributed by atoms with Crippen molar-refractivity contribution in [3.05, 3.63) is 95.7 Å². The van der Waals surface area contributed by atoms with Crippen LogP contribution in [0.15, 0.2) is 79.0 Å². The molecule has 34 heavy (non-hydrogen) atoms. The molecule has 6 heteroatoms. The zero-order valence-electron chi connectivity index (χ0n) is 19.7. The minimum Gasteiger partial charge on any atom is -0.493 e. The SMILES string of the molecule is COc1cccc(C(CNC(=O)C(C)OCc2ccccc2)c2c[nH]c3ccccc23)c1OC. The first-order valence-electron chi connectivity index (χ1n) is 11.3. The van der Waals surface area contributed by atoms with Gasteiger partial charge in [0.1, 0.15) is 6.10 Å². The number of aromatic nitrogens is 1. The molecule has 4 aromatic rings. The maximum absolute atomic E-state index is 12.9. The molecular formula is C28H30N2O4. The first-order chi connectivity index (χ1) is 16.6. The van der Waals surface area contributed by atoms with Crippen LogP contribution < -0.4 is 14.8 Å². The molecular weight excluding hydrogens is 428 g/mol. The third-order valence-corrected chi connectivity index (χ3v) is 6.00. The number of carbonyl (C=O) groups is 1. The van der Waals surface area contributed by atoms with E-state index < -0.39 is 6.10 Å². The van der Waals surface area contributed by atoms with Gasteiger partial charge in [-0.2, -0.15) is 0 Å². The van der Waals surface area contributed by atoms with Crippen molar-refractivity contribution in [3.63, 3.8) is 0 Å². The highest BCUT2D eigenvalue weighted by Gasteiger charge is 2.25. The second-order valence-corrected chi connectivity index (χ2v) is 8.11. The van der Waals surface area contributed by atoms with Gasteiger partial charge >= 0.3 is 0 Å². The number of ether oxygens (including phenoxy) is 3. The minimum absolute atomic E-state index is 0.161. The van der Waals surface area contributed by atoms with Crippen LogP contribution >= 0.6 is 0 Å². The van der Waals surface area contributed by atoms with Crippen LogP contribution in [0.5, 0.6) is 11.5 Å². The van der Waals surface area contributed by atoms with Gasteiger partial charge in [0.15, 0.2) is 11.5 Å². The van der Waals surface area contributed by atoms with Gasteiger partial charge in [0.2, 0.25) is 5.91 Å². The summed E-state index contributed by atoms with van der Waals surface area (Å²) in [5.41, 5.74) is 4.07. The van der Waals surface area contributed by atoms with Crippen molar-refractivity contribution in [2.24, 2.45) is 0 Å². The van der Waals surface area contributed by atoms with Gasteiger partial charge in [-0.1, -0.05) is 60.7 Å². The number of aromatic amines is 1. The average Bonchev–Trinajstić information content (AvgIpc) is 3.31. The Hall–Kier alpha value is -3.77. The van der Waals surface area contributed by atoms with E-state index in [1.54, 1.807) is 21.1 Å². The fourth-order valence-electron chi connectivity index (χ4n) is 4.17. The summed E-state index contributed by atoms with van der Waals surface area (Å²) < 4.78 is 17.1. The van der Waals surface area contributed by atoms with E-state index in [1.807, 2.05) is 72.9 Å². The molecule has 3 aromatic carbocycles. The topological polar surface area (TPSA) is 72.6 Å². The Morgan fingerprint density at radius 2 is 1.68 bits per heavy atom. The lowest BCUT2D eigenvalue weighted by atomic mass is 9.89. The molecule has 2 atom stereocenters. The molecule has 0 aliphatic rings. The summed E-state index contributed by atoms with van der Waals surface area (Å²) in [6.07, 6.45) is 1.41. The smallest absolute Gasteiger partial charge is 0.248 e. The van der Waals surface area contributed by atoms with E-state index in [0.717, 1.165) is 27.6 Å². The van der Waals surface area contributed by atoms with Gasteiger partial charge in [0.25, 0.3) is 0 Å². The summed E-state index contributed by atoms with van der Waals surface area (Å²) in [7, 11) is 3.25. The van der Waals surface area contributed by atoms with Gasteiger partial charge in [0.05, 0.1) is 20.8 Å². The Morgan fingerprint density at radius 1 is 0.912 bits per heavy atom. The van der Waals surface area contributed by atoms with Crippen LogP contribution in [0, 0.1) is 0 Å². The van der Waals surface area contributed by atoms with E-state index in [4.69, 9.17) is 14.2 Å². The van der Waals surface area contributed by atoms with Crippen LogP contribution in [-0.4, -0.2) is 37.8 Å². The number of nitrogens with one attached hydrogen (secondary N) is 2. The Morgan fingerprint density at radius 3 is 2.44 bits per heavy atom. The summed E-state index contributed by atoms with van der Waals surface area (Å²) in [5.74, 6) is 0.979. The zero-order valence-corrected chi connectivity index (χ0v) is 19.7. The molecule has 2 N–H and O–H groups in total. The van der Waals surface area contributed by atoms with E-state index in [9.17, 15) is 4.79 Å². The third kappa shape index (κ3) is 5.07. The fraction of sp³-hybridized carbons (Fsp3) is 0.250. The van der Waals surface area contributed by atoms with Crippen molar-refractivity contribution in [3.8, 4) is 11.5 Å². The van der Waals surface area contributed by atoms with Gasteiger partial charge in [0, 0.05) is 35.1 Å². The molecule has 0 saturated carbocycles. The highest BCUT2D eigenvalue weighted by atomic mass is 16.5. The van der Waals surface area contributed by atoms with Gasteiger partial charge in [-0.25, -0.2) is 0 Å². The number of fused-ring (bicyclic) bond motifs is 1. The Balaban J connectivity index is 1.58.